The lowest BCUT2D eigenvalue weighted by molar-refractivity contribution is 0.162. The summed E-state index contributed by atoms with van der Waals surface area (Å²) >= 11 is 5.60. The van der Waals surface area contributed by atoms with Crippen molar-refractivity contribution in [3.05, 3.63) is 18.0 Å². The fourth-order valence-corrected chi connectivity index (χ4v) is 2.16. The largest absolute Gasteiger partial charge is 0.393 e. The van der Waals surface area contributed by atoms with Crippen molar-refractivity contribution in [1.82, 2.24) is 9.78 Å². The lowest BCUT2D eigenvalue weighted by atomic mass is 10.1. The number of aliphatic hydroxyl groups is 1. The van der Waals surface area contributed by atoms with Crippen LogP contribution in [0.5, 0.6) is 0 Å². The minimum absolute atomic E-state index is 0.321. The highest BCUT2D eigenvalue weighted by Crippen LogP contribution is 2.15. The van der Waals surface area contributed by atoms with Crippen LogP contribution in [0.25, 0.3) is 0 Å². The Bertz CT molecular complexity index is 310. The summed E-state index contributed by atoms with van der Waals surface area (Å²) in [5.74, 6) is 0.610. The van der Waals surface area contributed by atoms with Crippen LogP contribution in [0.1, 0.15) is 51.3 Å². The van der Waals surface area contributed by atoms with Gasteiger partial charge < -0.3 is 5.11 Å². The molecule has 17 heavy (non-hydrogen) atoms. The average molecular weight is 259 g/mol. The Morgan fingerprint density at radius 1 is 1.41 bits per heavy atom. The highest BCUT2D eigenvalue weighted by atomic mass is 35.5. The number of hydrogen-bond acceptors (Lipinski definition) is 2. The molecule has 0 bridgehead atoms. The molecule has 1 unspecified atom stereocenters. The van der Waals surface area contributed by atoms with Gasteiger partial charge in [0, 0.05) is 18.5 Å². The van der Waals surface area contributed by atoms with E-state index in [2.05, 4.69) is 18.9 Å². The van der Waals surface area contributed by atoms with Crippen LogP contribution in [0.2, 0.25) is 0 Å². The van der Waals surface area contributed by atoms with E-state index in [0.717, 1.165) is 31.4 Å². The van der Waals surface area contributed by atoms with Gasteiger partial charge in [0.1, 0.15) is 0 Å². The molecule has 1 N–H and O–H groups in total. The first-order chi connectivity index (χ1) is 8.21. The summed E-state index contributed by atoms with van der Waals surface area (Å²) in [6.07, 6.45) is 6.11. The number of rotatable bonds is 8. The number of aliphatic hydroxyl groups excluding tert-OH is 1. The zero-order valence-electron chi connectivity index (χ0n) is 10.8. The van der Waals surface area contributed by atoms with Gasteiger partial charge in [-0.25, -0.2) is 0 Å². The zero-order chi connectivity index (χ0) is 12.7. The maximum atomic E-state index is 9.79. The van der Waals surface area contributed by atoms with Gasteiger partial charge in [0.25, 0.3) is 0 Å². The average Bonchev–Trinajstić information content (AvgIpc) is 2.76. The topological polar surface area (TPSA) is 38.0 Å². The number of aromatic nitrogens is 2. The first kappa shape index (κ1) is 14.5. The Kier molecular flexibility index (Phi) is 6.60. The van der Waals surface area contributed by atoms with E-state index < -0.39 is 0 Å². The molecule has 0 saturated carbocycles. The third-order valence-electron chi connectivity index (χ3n) is 3.10. The molecule has 1 aromatic heterocycles. The molecule has 1 aromatic rings. The second-order valence-electron chi connectivity index (χ2n) is 4.45. The molecule has 0 saturated heterocycles. The van der Waals surface area contributed by atoms with Crippen LogP contribution in [0.15, 0.2) is 12.3 Å². The van der Waals surface area contributed by atoms with Gasteiger partial charge in [-0.2, -0.15) is 5.10 Å². The molecule has 0 radical (unpaired) electrons. The Hall–Kier alpha value is -0.540. The van der Waals surface area contributed by atoms with Gasteiger partial charge in [0.2, 0.25) is 0 Å². The maximum absolute atomic E-state index is 9.79. The molecular formula is C13H23ClN2O. The van der Waals surface area contributed by atoms with Gasteiger partial charge in [-0.05, 0) is 31.7 Å². The second-order valence-corrected chi connectivity index (χ2v) is 4.82. The zero-order valence-corrected chi connectivity index (χ0v) is 11.5. The fourth-order valence-electron chi connectivity index (χ4n) is 2.01. The van der Waals surface area contributed by atoms with Crippen LogP contribution < -0.4 is 0 Å². The van der Waals surface area contributed by atoms with Crippen molar-refractivity contribution in [2.45, 2.75) is 58.1 Å². The lowest BCUT2D eigenvalue weighted by Crippen LogP contribution is -2.12. The Morgan fingerprint density at radius 3 is 2.71 bits per heavy atom. The number of nitrogens with zero attached hydrogens (tertiary/aromatic N) is 2. The third-order valence-corrected chi connectivity index (χ3v) is 3.36. The van der Waals surface area contributed by atoms with Crippen molar-refractivity contribution in [3.8, 4) is 0 Å². The van der Waals surface area contributed by atoms with Crippen LogP contribution in [-0.2, 0) is 6.42 Å². The molecule has 0 aliphatic rings. The quantitative estimate of drug-likeness (QED) is 0.728. The van der Waals surface area contributed by atoms with E-state index in [1.807, 2.05) is 16.9 Å². The van der Waals surface area contributed by atoms with E-state index in [1.54, 1.807) is 0 Å². The van der Waals surface area contributed by atoms with Gasteiger partial charge in [0.05, 0.1) is 17.8 Å². The normalized spacial score (nSPS) is 13.2. The molecule has 3 nitrogen and oxygen atoms in total. The third kappa shape index (κ3) is 4.68. The molecule has 0 spiro atoms. The van der Waals surface area contributed by atoms with Crippen molar-refractivity contribution in [2.75, 3.05) is 5.88 Å². The summed E-state index contributed by atoms with van der Waals surface area (Å²) in [5, 5.41) is 14.3. The molecule has 1 atom stereocenters. The Morgan fingerprint density at radius 2 is 2.12 bits per heavy atom. The van der Waals surface area contributed by atoms with Crippen LogP contribution >= 0.6 is 11.6 Å². The maximum Gasteiger partial charge on any atom is 0.0650 e. The summed E-state index contributed by atoms with van der Waals surface area (Å²) in [6, 6.07) is 2.48. The smallest absolute Gasteiger partial charge is 0.0650 e. The Labute approximate surface area is 109 Å². The van der Waals surface area contributed by atoms with Crippen molar-refractivity contribution in [3.63, 3.8) is 0 Å². The number of alkyl halides is 1. The lowest BCUT2D eigenvalue weighted by Gasteiger charge is -2.12. The van der Waals surface area contributed by atoms with E-state index in [1.165, 1.54) is 0 Å². The van der Waals surface area contributed by atoms with E-state index in [-0.39, 0.29) is 6.10 Å². The minimum Gasteiger partial charge on any atom is -0.393 e. The fraction of sp³-hybridized carbons (Fsp3) is 0.769. The van der Waals surface area contributed by atoms with Crippen LogP contribution in [0, 0.1) is 0 Å². The van der Waals surface area contributed by atoms with Crippen LogP contribution in [0.4, 0.5) is 0 Å². The molecule has 0 amide bonds. The number of hydrogen-bond donors (Lipinski definition) is 1. The van der Waals surface area contributed by atoms with Crippen molar-refractivity contribution in [2.24, 2.45) is 0 Å². The number of halogens is 1. The Balaban J connectivity index is 2.50. The summed E-state index contributed by atoms with van der Waals surface area (Å²) in [5.41, 5.74) is 0.971. The van der Waals surface area contributed by atoms with E-state index in [9.17, 15) is 5.11 Å². The molecule has 0 aliphatic carbocycles. The van der Waals surface area contributed by atoms with Crippen LogP contribution in [0.3, 0.4) is 0 Å². The van der Waals surface area contributed by atoms with E-state index in [4.69, 9.17) is 11.6 Å². The highest BCUT2D eigenvalue weighted by molar-refractivity contribution is 6.17. The van der Waals surface area contributed by atoms with E-state index in [0.29, 0.717) is 18.3 Å². The standard InChI is InChI=1S/C13H23ClN2O/c1-3-12(4-2)16-9-7-11(15-16)10-13(17)6-5-8-14/h7,9,12-13,17H,3-6,8,10H2,1-2H3. The van der Waals surface area contributed by atoms with Gasteiger partial charge in [0.15, 0.2) is 0 Å². The SMILES string of the molecule is CCC(CC)n1ccc(CC(O)CCCCl)n1. The first-order valence-corrected chi connectivity index (χ1v) is 7.02. The minimum atomic E-state index is -0.321. The molecule has 1 heterocycles. The molecule has 1 rings (SSSR count). The molecule has 0 aliphatic heterocycles. The van der Waals surface area contributed by atoms with Crippen molar-refractivity contribution in [1.29, 1.82) is 0 Å². The summed E-state index contributed by atoms with van der Waals surface area (Å²) in [7, 11) is 0. The van der Waals surface area contributed by atoms with Gasteiger partial charge >= 0.3 is 0 Å². The molecule has 0 fully saturated rings. The van der Waals surface area contributed by atoms with Crippen molar-refractivity contribution >= 4 is 11.6 Å². The second kappa shape index (κ2) is 7.72. The summed E-state index contributed by atoms with van der Waals surface area (Å²) in [4.78, 5) is 0. The molecule has 4 heteroatoms. The van der Waals surface area contributed by atoms with E-state index >= 15 is 0 Å². The van der Waals surface area contributed by atoms with Crippen LogP contribution in [-0.4, -0.2) is 26.9 Å². The summed E-state index contributed by atoms with van der Waals surface area (Å²) < 4.78 is 2.02. The van der Waals surface area contributed by atoms with Gasteiger partial charge in [-0.1, -0.05) is 13.8 Å². The molecule has 98 valence electrons. The highest BCUT2D eigenvalue weighted by Gasteiger charge is 2.11. The molecular weight excluding hydrogens is 236 g/mol. The predicted octanol–water partition coefficient (Wildman–Crippen LogP) is 3.17. The summed E-state index contributed by atoms with van der Waals surface area (Å²) in [6.45, 7) is 4.34. The molecule has 0 aromatic carbocycles. The first-order valence-electron chi connectivity index (χ1n) is 6.49. The monoisotopic (exact) mass is 258 g/mol. The predicted molar refractivity (Wildman–Crippen MR) is 71.5 cm³/mol. The van der Waals surface area contributed by atoms with Gasteiger partial charge in [-0.15, -0.1) is 11.6 Å². The van der Waals surface area contributed by atoms with Crippen molar-refractivity contribution < 1.29 is 5.11 Å². The van der Waals surface area contributed by atoms with Gasteiger partial charge in [-0.3, -0.25) is 4.68 Å².